The molecule has 0 saturated carbocycles. The quantitative estimate of drug-likeness (QED) is 0.576. The van der Waals surface area contributed by atoms with Crippen LogP contribution >= 0.6 is 0 Å². The molecule has 5 nitrogen and oxygen atoms in total. The second kappa shape index (κ2) is 5.62. The third-order valence-electron chi connectivity index (χ3n) is 3.91. The van der Waals surface area contributed by atoms with Crippen LogP contribution < -0.4 is 5.32 Å². The molecule has 116 valence electrons. The Balaban J connectivity index is 1.77. The Morgan fingerprint density at radius 2 is 2.00 bits per heavy atom. The van der Waals surface area contributed by atoms with Gasteiger partial charge >= 0.3 is 0 Å². The van der Waals surface area contributed by atoms with Gasteiger partial charge in [-0.3, -0.25) is 14.6 Å². The minimum atomic E-state index is -0.175. The van der Waals surface area contributed by atoms with Gasteiger partial charge in [-0.2, -0.15) is 0 Å². The topological polar surface area (TPSA) is 74.8 Å². The fourth-order valence-electron chi connectivity index (χ4n) is 2.73. The Morgan fingerprint density at radius 3 is 2.75 bits per heavy atom. The second-order valence-electron chi connectivity index (χ2n) is 5.47. The van der Waals surface area contributed by atoms with Crippen LogP contribution in [0.15, 0.2) is 61.1 Å². The number of hydrogen-bond donors (Lipinski definition) is 2. The fraction of sp³-hybridized carbons (Fsp3) is 0. The van der Waals surface area contributed by atoms with Crippen LogP contribution in [0.25, 0.3) is 11.6 Å². The van der Waals surface area contributed by atoms with E-state index in [4.69, 9.17) is 0 Å². The molecule has 0 fully saturated rings. The molecule has 0 unspecified atom stereocenters. The van der Waals surface area contributed by atoms with E-state index in [9.17, 15) is 9.59 Å². The Hall–Kier alpha value is -3.47. The minimum absolute atomic E-state index is 0.121. The number of hydrogen-bond acceptors (Lipinski definition) is 3. The van der Waals surface area contributed by atoms with Gasteiger partial charge in [-0.15, -0.1) is 0 Å². The number of nitrogens with zero attached hydrogens (tertiary/aromatic N) is 1. The van der Waals surface area contributed by atoms with Crippen molar-refractivity contribution in [3.8, 4) is 0 Å². The lowest BCUT2D eigenvalue weighted by Gasteiger charge is -2.04. The highest BCUT2D eigenvalue weighted by molar-refractivity contribution is 6.35. The molecule has 3 heterocycles. The molecule has 0 atom stereocenters. The van der Waals surface area contributed by atoms with Crippen LogP contribution in [0.1, 0.15) is 27.2 Å². The number of fused-ring (bicyclic) bond motifs is 1. The van der Waals surface area contributed by atoms with Crippen molar-refractivity contribution in [2.75, 3.05) is 5.32 Å². The maximum absolute atomic E-state index is 12.6. The first-order chi connectivity index (χ1) is 11.7. The Morgan fingerprint density at radius 1 is 1.08 bits per heavy atom. The van der Waals surface area contributed by atoms with Gasteiger partial charge in [0.25, 0.3) is 5.91 Å². The summed E-state index contributed by atoms with van der Waals surface area (Å²) in [5.41, 5.74) is 3.84. The molecule has 1 aliphatic heterocycles. The van der Waals surface area contributed by atoms with E-state index in [-0.39, 0.29) is 11.7 Å². The van der Waals surface area contributed by atoms with Crippen molar-refractivity contribution < 1.29 is 9.59 Å². The van der Waals surface area contributed by atoms with Gasteiger partial charge in [0.05, 0.1) is 5.57 Å². The number of ketones is 1. The predicted molar refractivity (Wildman–Crippen MR) is 91.4 cm³/mol. The highest BCUT2D eigenvalue weighted by Gasteiger charge is 2.25. The molecule has 0 saturated heterocycles. The number of pyridine rings is 1. The van der Waals surface area contributed by atoms with E-state index >= 15 is 0 Å². The summed E-state index contributed by atoms with van der Waals surface area (Å²) in [5, 5.41) is 2.82. The van der Waals surface area contributed by atoms with Gasteiger partial charge < -0.3 is 10.3 Å². The monoisotopic (exact) mass is 315 g/mol. The maximum Gasteiger partial charge on any atom is 0.256 e. The van der Waals surface area contributed by atoms with Crippen molar-refractivity contribution in [1.29, 1.82) is 0 Å². The van der Waals surface area contributed by atoms with Crippen LogP contribution in [0.5, 0.6) is 0 Å². The van der Waals surface area contributed by atoms with E-state index in [0.29, 0.717) is 22.4 Å². The first-order valence-electron chi connectivity index (χ1n) is 7.48. The van der Waals surface area contributed by atoms with Gasteiger partial charge in [-0.05, 0) is 48.5 Å². The summed E-state index contributed by atoms with van der Waals surface area (Å²) in [7, 11) is 0. The third kappa shape index (κ3) is 2.42. The van der Waals surface area contributed by atoms with Crippen LogP contribution in [-0.2, 0) is 4.79 Å². The van der Waals surface area contributed by atoms with E-state index < -0.39 is 0 Å². The Kier molecular flexibility index (Phi) is 3.31. The average Bonchev–Trinajstić information content (AvgIpc) is 3.23. The fourth-order valence-corrected chi connectivity index (χ4v) is 2.73. The lowest BCUT2D eigenvalue weighted by Crippen LogP contribution is -2.03. The van der Waals surface area contributed by atoms with Crippen LogP contribution in [0.3, 0.4) is 0 Å². The summed E-state index contributed by atoms with van der Waals surface area (Å²) in [4.78, 5) is 31.8. The highest BCUT2D eigenvalue weighted by Crippen LogP contribution is 2.34. The first-order valence-corrected chi connectivity index (χ1v) is 7.48. The molecule has 1 amide bonds. The molecule has 0 bridgehead atoms. The lowest BCUT2D eigenvalue weighted by atomic mass is 9.99. The summed E-state index contributed by atoms with van der Waals surface area (Å²) >= 11 is 0. The van der Waals surface area contributed by atoms with Crippen molar-refractivity contribution in [2.45, 2.75) is 0 Å². The largest absolute Gasteiger partial charge is 0.362 e. The van der Waals surface area contributed by atoms with Gasteiger partial charge in [0.1, 0.15) is 0 Å². The zero-order valence-corrected chi connectivity index (χ0v) is 12.6. The zero-order valence-electron chi connectivity index (χ0n) is 12.6. The second-order valence-corrected chi connectivity index (χ2v) is 5.47. The van der Waals surface area contributed by atoms with Crippen molar-refractivity contribution in [2.24, 2.45) is 0 Å². The molecule has 24 heavy (non-hydrogen) atoms. The van der Waals surface area contributed by atoms with Crippen LogP contribution in [0.4, 0.5) is 5.69 Å². The number of amides is 1. The molecule has 3 aromatic rings. The predicted octanol–water partition coefficient (Wildman–Crippen LogP) is 3.13. The van der Waals surface area contributed by atoms with Crippen molar-refractivity contribution in [1.82, 2.24) is 9.97 Å². The number of benzene rings is 1. The summed E-state index contributed by atoms with van der Waals surface area (Å²) in [5.74, 6) is -0.296. The number of aromatic amines is 1. The summed E-state index contributed by atoms with van der Waals surface area (Å²) in [6, 6.07) is 12.4. The number of carbonyl (C=O) groups is 2. The SMILES string of the molecule is O=C1Nc2ccc(C(=O)c3cccnc3)cc2/C1=C\c1ccc[nH]1. The molecule has 5 heteroatoms. The van der Waals surface area contributed by atoms with Crippen molar-refractivity contribution in [3.63, 3.8) is 0 Å². The normalized spacial score (nSPS) is 14.5. The molecule has 2 aromatic heterocycles. The molecular formula is C19H13N3O2. The summed E-state index contributed by atoms with van der Waals surface area (Å²) in [6.07, 6.45) is 6.73. The number of rotatable bonds is 3. The number of carbonyl (C=O) groups excluding carboxylic acids is 2. The summed E-state index contributed by atoms with van der Waals surface area (Å²) < 4.78 is 0. The molecular weight excluding hydrogens is 302 g/mol. The molecule has 0 aliphatic carbocycles. The summed E-state index contributed by atoms with van der Waals surface area (Å²) in [6.45, 7) is 0. The molecule has 1 aromatic carbocycles. The van der Waals surface area contributed by atoms with Gasteiger partial charge in [-0.25, -0.2) is 0 Å². The van der Waals surface area contributed by atoms with E-state index in [0.717, 1.165) is 11.3 Å². The number of aromatic nitrogens is 2. The highest BCUT2D eigenvalue weighted by atomic mass is 16.2. The molecule has 2 N–H and O–H groups in total. The van der Waals surface area contributed by atoms with Crippen LogP contribution in [-0.4, -0.2) is 21.7 Å². The molecule has 4 rings (SSSR count). The van der Waals surface area contributed by atoms with E-state index in [1.807, 2.05) is 12.1 Å². The maximum atomic E-state index is 12.6. The van der Waals surface area contributed by atoms with Crippen LogP contribution in [0, 0.1) is 0 Å². The lowest BCUT2D eigenvalue weighted by molar-refractivity contribution is -0.110. The van der Waals surface area contributed by atoms with Gasteiger partial charge in [0, 0.05) is 46.7 Å². The average molecular weight is 315 g/mol. The van der Waals surface area contributed by atoms with E-state index in [2.05, 4.69) is 15.3 Å². The number of anilines is 1. The van der Waals surface area contributed by atoms with E-state index in [1.54, 1.807) is 48.8 Å². The molecule has 0 spiro atoms. The molecule has 0 radical (unpaired) electrons. The zero-order chi connectivity index (χ0) is 16.5. The number of H-pyrrole nitrogens is 1. The van der Waals surface area contributed by atoms with Gasteiger partial charge in [0.15, 0.2) is 5.78 Å². The third-order valence-corrected chi connectivity index (χ3v) is 3.91. The van der Waals surface area contributed by atoms with Gasteiger partial charge in [0.2, 0.25) is 0 Å². The molecule has 1 aliphatic rings. The van der Waals surface area contributed by atoms with Crippen LogP contribution in [0.2, 0.25) is 0 Å². The van der Waals surface area contributed by atoms with Crippen molar-refractivity contribution in [3.05, 3.63) is 83.4 Å². The minimum Gasteiger partial charge on any atom is -0.362 e. The van der Waals surface area contributed by atoms with Crippen molar-refractivity contribution >= 4 is 29.0 Å². The smallest absolute Gasteiger partial charge is 0.256 e. The first kappa shape index (κ1) is 14.1. The Labute approximate surface area is 138 Å². The Bertz CT molecular complexity index is 958. The van der Waals surface area contributed by atoms with E-state index in [1.165, 1.54) is 6.20 Å². The standard InChI is InChI=1S/C19H13N3O2/c23-18(13-3-1-7-20-11-13)12-5-6-17-15(9-12)16(19(24)22-17)10-14-4-2-8-21-14/h1-11,21H,(H,22,24)/b16-10+. The van der Waals surface area contributed by atoms with Gasteiger partial charge in [-0.1, -0.05) is 0 Å². The number of nitrogens with one attached hydrogen (secondary N) is 2.